The zero-order chi connectivity index (χ0) is 64.0. The molecule has 0 bridgehead atoms. The number of rotatable bonds is 8. The first-order valence-electron chi connectivity index (χ1n) is 31.9. The van der Waals surface area contributed by atoms with Crippen LogP contribution in [-0.4, -0.2) is 19.6 Å². The van der Waals surface area contributed by atoms with E-state index in [-0.39, 0.29) is 28.4 Å². The van der Waals surface area contributed by atoms with Crippen LogP contribution in [0.1, 0.15) is 86.6 Å². The Morgan fingerprint density at radius 1 is 0.463 bits per heavy atom. The summed E-state index contributed by atoms with van der Waals surface area (Å²) in [7, 11) is 0. The number of hydrogen-bond acceptors (Lipinski definition) is 3. The molecule has 8 aromatic carbocycles. The lowest BCUT2D eigenvalue weighted by Crippen LogP contribution is -2.17. The van der Waals surface area contributed by atoms with Crippen LogP contribution in [0.5, 0.6) is 5.75 Å². The van der Waals surface area contributed by atoms with E-state index < -0.39 is 87.1 Å². The van der Waals surface area contributed by atoms with Gasteiger partial charge in [-0.25, -0.2) is 4.98 Å². The summed E-state index contributed by atoms with van der Waals surface area (Å²) >= 11 is 0. The molecule has 2 aromatic heterocycles. The van der Waals surface area contributed by atoms with Gasteiger partial charge in [-0.15, -0.1) is 0 Å². The number of phenols is 1. The molecule has 4 heteroatoms. The van der Waals surface area contributed by atoms with Gasteiger partial charge in [0, 0.05) is 51.7 Å². The second-order valence-electron chi connectivity index (χ2n) is 16.5. The van der Waals surface area contributed by atoms with Crippen molar-refractivity contribution in [1.29, 1.82) is 0 Å². The molecule has 328 valence electrons. The highest BCUT2D eigenvalue weighted by atomic mass is 16.3. The van der Waals surface area contributed by atoms with Crippen molar-refractivity contribution in [3.05, 3.63) is 217 Å². The molecule has 10 rings (SSSR count). The molecule has 0 saturated heterocycles. The number of benzene rings is 8. The van der Waals surface area contributed by atoms with Crippen LogP contribution in [0.3, 0.4) is 0 Å². The third kappa shape index (κ3) is 8.48. The zero-order valence-corrected chi connectivity index (χ0v) is 35.8. The van der Waals surface area contributed by atoms with E-state index in [1.807, 2.05) is 115 Å². The SMILES string of the molecule is [2H]C([2H])([2H])c1cc(-c2ccccc2)ccc1-n1c(-c2cc(C(C([2H])([2H])[2H])(C([2H])([2H])[2H])C([2H])([2H])[2H])cc(C(C([2H])([2H])[2H])(C([2H])([2H])[2H])C([2H])([2H])[2H])c2O)nc2c(-c3cc(-c4ccccc4)cc(-c4cc(-c5ccc(-c6ccccc6)cc5)ccn4)c3)cccc21. The predicted octanol–water partition coefficient (Wildman–Crippen LogP) is 16.7. The Hall–Kier alpha value is -7.82. The molecule has 0 saturated carbocycles. The third-order valence-electron chi connectivity index (χ3n) is 11.9. The van der Waals surface area contributed by atoms with Gasteiger partial charge in [0.15, 0.2) is 0 Å². The molecule has 10 aromatic rings. The molecular formula is C63H55N3O. The fourth-order valence-corrected chi connectivity index (χ4v) is 8.59. The summed E-state index contributed by atoms with van der Waals surface area (Å²) in [5.74, 6) is -2.15. The van der Waals surface area contributed by atoms with E-state index in [0.29, 0.717) is 45.1 Å². The highest BCUT2D eigenvalue weighted by molar-refractivity contribution is 5.98. The summed E-state index contributed by atoms with van der Waals surface area (Å²) in [4.78, 5) is 9.89. The van der Waals surface area contributed by atoms with Gasteiger partial charge in [0.1, 0.15) is 11.6 Å². The quantitative estimate of drug-likeness (QED) is 0.165. The minimum atomic E-state index is -4.24. The van der Waals surface area contributed by atoms with Crippen molar-refractivity contribution in [3.63, 3.8) is 0 Å². The normalized spacial score (nSPS) is 17.8. The second kappa shape index (κ2) is 17.2. The standard InChI is InChI=1S/C63H55N3O/c1-41-34-47(43-20-13-9-14-21-43)30-31-57(41)66-58-25-17-24-53(59(58)65-61(66)54-39-52(62(2,3)4)40-55(60(54)67)63(5,6)7)50-35-49(44-22-15-10-16-23-44)36-51(37-50)56-38-48(32-33-64-56)46-28-26-45(27-29-46)42-18-11-8-12-19-42/h8-40,67H,1-7H3/i1D3,2D3,3D3,4D3,5D3,6D3,7D3. The minimum Gasteiger partial charge on any atom is -0.507 e. The number of aromatic hydroxyl groups is 1. The minimum absolute atomic E-state index is 0.00804. The lowest BCUT2D eigenvalue weighted by atomic mass is 9.79. The van der Waals surface area contributed by atoms with Gasteiger partial charge < -0.3 is 5.11 Å². The van der Waals surface area contributed by atoms with E-state index in [4.69, 9.17) is 38.8 Å². The molecule has 0 radical (unpaired) electrons. The van der Waals surface area contributed by atoms with Gasteiger partial charge in [0.25, 0.3) is 0 Å². The summed E-state index contributed by atoms with van der Waals surface area (Å²) in [6.45, 7) is -28.0. The molecule has 0 spiro atoms. The first-order chi connectivity index (χ1) is 41.0. The van der Waals surface area contributed by atoms with Crippen molar-refractivity contribution < 1.29 is 33.9 Å². The van der Waals surface area contributed by atoms with E-state index in [9.17, 15) is 5.11 Å². The Bertz CT molecular complexity index is 4150. The summed E-state index contributed by atoms with van der Waals surface area (Å²) in [5.41, 5.74) is -4.58. The second-order valence-corrected chi connectivity index (χ2v) is 16.5. The molecule has 67 heavy (non-hydrogen) atoms. The van der Waals surface area contributed by atoms with Crippen LogP contribution in [0.15, 0.2) is 200 Å². The van der Waals surface area contributed by atoms with E-state index in [1.54, 1.807) is 54.7 Å². The first-order valence-corrected chi connectivity index (χ1v) is 21.4. The maximum absolute atomic E-state index is 13.0. The Morgan fingerprint density at radius 2 is 1.03 bits per heavy atom. The number of aromatic nitrogens is 3. The lowest BCUT2D eigenvalue weighted by molar-refractivity contribution is 0.446. The summed E-state index contributed by atoms with van der Waals surface area (Å²) in [5, 5.41) is 13.0. The average molecular weight is 891 g/mol. The van der Waals surface area contributed by atoms with Crippen molar-refractivity contribution in [2.75, 3.05) is 0 Å². The molecule has 0 amide bonds. The van der Waals surface area contributed by atoms with Gasteiger partial charge in [-0.2, -0.15) is 0 Å². The molecule has 0 aliphatic rings. The van der Waals surface area contributed by atoms with Crippen LogP contribution in [0.2, 0.25) is 0 Å². The smallest absolute Gasteiger partial charge is 0.149 e. The maximum atomic E-state index is 13.0. The van der Waals surface area contributed by atoms with E-state index in [2.05, 4.69) is 0 Å². The number of aryl methyl sites for hydroxylation is 1. The van der Waals surface area contributed by atoms with Crippen molar-refractivity contribution in [2.45, 2.75) is 58.8 Å². The number of imidazole rings is 1. The monoisotopic (exact) mass is 891 g/mol. The van der Waals surface area contributed by atoms with Gasteiger partial charge in [0.2, 0.25) is 0 Å². The van der Waals surface area contributed by atoms with Gasteiger partial charge >= 0.3 is 0 Å². The molecule has 4 nitrogen and oxygen atoms in total. The van der Waals surface area contributed by atoms with Crippen LogP contribution in [0, 0.1) is 6.85 Å². The van der Waals surface area contributed by atoms with Gasteiger partial charge in [0.05, 0.1) is 28.0 Å². The van der Waals surface area contributed by atoms with Crippen LogP contribution in [0.25, 0.3) is 95.0 Å². The molecular weight excluding hydrogens is 815 g/mol. The number of pyridine rings is 1. The number of para-hydroxylation sites is 1. The molecule has 0 atom stereocenters. The van der Waals surface area contributed by atoms with Crippen molar-refractivity contribution in [3.8, 4) is 89.7 Å². The maximum Gasteiger partial charge on any atom is 0.149 e. The average Bonchev–Trinajstić information content (AvgIpc) is 1.90. The molecule has 0 aliphatic carbocycles. The lowest BCUT2D eigenvalue weighted by Gasteiger charge is -2.27. The Labute approximate surface area is 424 Å². The van der Waals surface area contributed by atoms with E-state index in [1.165, 1.54) is 22.8 Å². The van der Waals surface area contributed by atoms with Crippen LogP contribution < -0.4 is 0 Å². The van der Waals surface area contributed by atoms with Crippen molar-refractivity contribution in [2.24, 2.45) is 0 Å². The Morgan fingerprint density at radius 3 is 1.69 bits per heavy atom. The number of phenolic OH excluding ortho intramolecular Hbond substituents is 1. The Balaban J connectivity index is 1.34. The van der Waals surface area contributed by atoms with Crippen LogP contribution in [0.4, 0.5) is 0 Å². The van der Waals surface area contributed by atoms with Gasteiger partial charge in [-0.1, -0.05) is 181 Å². The third-order valence-corrected chi connectivity index (χ3v) is 11.9. The fourth-order valence-electron chi connectivity index (χ4n) is 8.59. The predicted molar refractivity (Wildman–Crippen MR) is 281 cm³/mol. The van der Waals surface area contributed by atoms with E-state index >= 15 is 0 Å². The van der Waals surface area contributed by atoms with Crippen molar-refractivity contribution in [1.82, 2.24) is 14.5 Å². The topological polar surface area (TPSA) is 50.9 Å². The summed E-state index contributed by atoms with van der Waals surface area (Å²) in [6, 6.07) is 55.4. The number of nitrogens with zero attached hydrogens (tertiary/aromatic N) is 3. The van der Waals surface area contributed by atoms with Crippen LogP contribution >= 0.6 is 0 Å². The molecule has 1 N–H and O–H groups in total. The zero-order valence-electron chi connectivity index (χ0n) is 56.8. The molecule has 0 aliphatic heterocycles. The molecule has 0 unspecified atom stereocenters. The number of fused-ring (bicyclic) bond motifs is 1. The van der Waals surface area contributed by atoms with Gasteiger partial charge in [-0.3, -0.25) is 9.55 Å². The number of hydrogen-bond donors (Lipinski definition) is 1. The van der Waals surface area contributed by atoms with Crippen LogP contribution in [-0.2, 0) is 10.8 Å². The summed E-state index contributed by atoms with van der Waals surface area (Å²) < 4.78 is 186. The fraction of sp³-hybridized carbons (Fsp3) is 0.143. The van der Waals surface area contributed by atoms with E-state index in [0.717, 1.165) is 27.8 Å². The highest BCUT2D eigenvalue weighted by Gasteiger charge is 2.29. The summed E-state index contributed by atoms with van der Waals surface area (Å²) in [6.07, 6.45) is 1.68. The molecule has 2 heterocycles. The van der Waals surface area contributed by atoms with Gasteiger partial charge in [-0.05, 0) is 133 Å². The Kier molecular flexibility index (Phi) is 6.46. The largest absolute Gasteiger partial charge is 0.507 e. The molecule has 0 fully saturated rings. The highest BCUT2D eigenvalue weighted by Crippen LogP contribution is 2.45. The first kappa shape index (κ1) is 25.2. The van der Waals surface area contributed by atoms with Crippen molar-refractivity contribution >= 4 is 11.0 Å².